The smallest absolute Gasteiger partial charge is 0.289 e. The molecule has 4 nitrogen and oxygen atoms in total. The van der Waals surface area contributed by atoms with Crippen LogP contribution < -0.4 is 5.32 Å². The molecule has 7 heteroatoms. The summed E-state index contributed by atoms with van der Waals surface area (Å²) in [7, 11) is 0. The van der Waals surface area contributed by atoms with Gasteiger partial charge in [0.25, 0.3) is 0 Å². The molecule has 0 heterocycles. The molecular weight excluding hydrogens is 227 g/mol. The summed E-state index contributed by atoms with van der Waals surface area (Å²) in [6.07, 6.45) is -5.65. The van der Waals surface area contributed by atoms with Crippen LogP contribution in [0.5, 0.6) is 0 Å². The molecule has 0 spiro atoms. The van der Waals surface area contributed by atoms with Gasteiger partial charge in [-0.05, 0) is 12.1 Å². The Morgan fingerprint density at radius 2 is 1.88 bits per heavy atom. The van der Waals surface area contributed by atoms with Gasteiger partial charge in [-0.1, -0.05) is 18.2 Å². The van der Waals surface area contributed by atoms with Gasteiger partial charge in [0.2, 0.25) is 0 Å². The van der Waals surface area contributed by atoms with E-state index in [2.05, 4.69) is 15.1 Å². The highest BCUT2D eigenvalue weighted by atomic mass is 19.4. The Bertz CT molecular complexity index is 340. The molecule has 0 atom stereocenters. The topological polar surface area (TPSA) is 47.6 Å². The molecule has 0 unspecified atom stereocenters. The molecule has 0 fully saturated rings. The molecule has 1 aromatic carbocycles. The van der Waals surface area contributed by atoms with Crippen LogP contribution in [0.4, 0.5) is 23.7 Å². The Labute approximate surface area is 88.9 Å². The van der Waals surface area contributed by atoms with Gasteiger partial charge in [-0.25, -0.2) is 4.79 Å². The molecule has 1 aromatic rings. The Balaban J connectivity index is 2.27. The van der Waals surface area contributed by atoms with Crippen molar-refractivity contribution in [1.29, 1.82) is 0 Å². The zero-order valence-electron chi connectivity index (χ0n) is 7.95. The van der Waals surface area contributed by atoms with E-state index in [9.17, 15) is 18.0 Å². The number of rotatable bonds is 3. The average molecular weight is 235 g/mol. The van der Waals surface area contributed by atoms with Crippen molar-refractivity contribution >= 4 is 11.8 Å². The fourth-order valence-electron chi connectivity index (χ4n) is 0.810. The van der Waals surface area contributed by atoms with Gasteiger partial charge in [0.05, 0.1) is 0 Å². The van der Waals surface area contributed by atoms with Crippen LogP contribution in [0.25, 0.3) is 0 Å². The Kier molecular flexibility index (Phi) is 4.12. The number of anilines is 1. The van der Waals surface area contributed by atoms with Crippen molar-refractivity contribution < 1.29 is 27.7 Å². The summed E-state index contributed by atoms with van der Waals surface area (Å²) in [4.78, 5) is 18.4. The van der Waals surface area contributed by atoms with Crippen LogP contribution in [0.2, 0.25) is 0 Å². The van der Waals surface area contributed by atoms with Gasteiger partial charge in [-0.3, -0.25) is 10.2 Å². The first-order valence-electron chi connectivity index (χ1n) is 4.19. The van der Waals surface area contributed by atoms with E-state index in [4.69, 9.17) is 0 Å². The van der Waals surface area contributed by atoms with Gasteiger partial charge in [-0.15, -0.1) is 0 Å². The molecule has 0 saturated carbocycles. The molecule has 0 aliphatic carbocycles. The third kappa shape index (κ3) is 5.20. The van der Waals surface area contributed by atoms with Crippen molar-refractivity contribution in [2.75, 3.05) is 11.9 Å². The van der Waals surface area contributed by atoms with Crippen LogP contribution in [0.3, 0.4) is 0 Å². The van der Waals surface area contributed by atoms with E-state index in [1.165, 1.54) is 0 Å². The second-order valence-electron chi connectivity index (χ2n) is 2.74. The second-order valence-corrected chi connectivity index (χ2v) is 2.74. The molecule has 0 radical (unpaired) electrons. The Morgan fingerprint density at radius 1 is 1.25 bits per heavy atom. The molecule has 0 aliphatic rings. The van der Waals surface area contributed by atoms with Crippen molar-refractivity contribution in [1.82, 2.24) is 0 Å². The third-order valence-corrected chi connectivity index (χ3v) is 1.38. The molecular formula is C9H8F3NO3. The van der Waals surface area contributed by atoms with E-state index in [1.807, 2.05) is 0 Å². The molecule has 1 rings (SSSR count). The molecule has 16 heavy (non-hydrogen) atoms. The van der Waals surface area contributed by atoms with E-state index in [0.717, 1.165) is 0 Å². The van der Waals surface area contributed by atoms with Crippen LogP contribution in [-0.4, -0.2) is 18.9 Å². The number of carbonyl (C=O) groups is 1. The van der Waals surface area contributed by atoms with E-state index >= 15 is 0 Å². The van der Waals surface area contributed by atoms with E-state index in [1.54, 1.807) is 30.3 Å². The molecule has 88 valence electrons. The van der Waals surface area contributed by atoms with Gasteiger partial charge < -0.3 is 0 Å². The summed E-state index contributed by atoms with van der Waals surface area (Å²) in [6, 6.07) is 8.10. The van der Waals surface area contributed by atoms with Crippen LogP contribution in [0, 0.1) is 0 Å². The minimum atomic E-state index is -4.53. The Hall–Kier alpha value is -1.76. The number of hydrogen-bond acceptors (Lipinski definition) is 3. The standard InChI is InChI=1S/C9H8F3NO3/c10-9(11,12)6-15-16-8(14)13-7-4-2-1-3-5-7/h1-5H,6H2,(H,13,14). The monoisotopic (exact) mass is 235 g/mol. The zero-order chi connectivity index (χ0) is 12.0. The number of carbonyl (C=O) groups excluding carboxylic acids is 1. The largest absolute Gasteiger partial charge is 0.443 e. The lowest BCUT2D eigenvalue weighted by Gasteiger charge is -2.07. The third-order valence-electron chi connectivity index (χ3n) is 1.38. The lowest BCUT2D eigenvalue weighted by atomic mass is 10.3. The van der Waals surface area contributed by atoms with Crippen molar-refractivity contribution in [3.05, 3.63) is 30.3 Å². The van der Waals surface area contributed by atoms with Crippen LogP contribution in [-0.2, 0) is 9.78 Å². The summed E-state index contributed by atoms with van der Waals surface area (Å²) in [5.41, 5.74) is 0.392. The summed E-state index contributed by atoms with van der Waals surface area (Å²) in [5.74, 6) is 0. The first-order chi connectivity index (χ1) is 7.47. The maximum Gasteiger partial charge on any atom is 0.443 e. The van der Waals surface area contributed by atoms with Crippen LogP contribution in [0.15, 0.2) is 30.3 Å². The molecule has 0 saturated heterocycles. The first kappa shape index (κ1) is 12.3. The van der Waals surface area contributed by atoms with Gasteiger partial charge in [0.15, 0.2) is 6.61 Å². The summed E-state index contributed by atoms with van der Waals surface area (Å²) in [5, 5.41) is 2.17. The van der Waals surface area contributed by atoms with Gasteiger partial charge in [0.1, 0.15) is 0 Å². The van der Waals surface area contributed by atoms with E-state index in [0.29, 0.717) is 5.69 Å². The highest BCUT2D eigenvalue weighted by molar-refractivity contribution is 5.83. The number of nitrogens with one attached hydrogen (secondary N) is 1. The number of halogens is 3. The minimum Gasteiger partial charge on any atom is -0.289 e. The predicted octanol–water partition coefficient (Wildman–Crippen LogP) is 2.73. The van der Waals surface area contributed by atoms with Crippen molar-refractivity contribution in [3.8, 4) is 0 Å². The summed E-state index contributed by atoms with van der Waals surface area (Å²) < 4.78 is 34.8. The quantitative estimate of drug-likeness (QED) is 0.647. The van der Waals surface area contributed by atoms with Gasteiger partial charge >= 0.3 is 12.3 Å². The Morgan fingerprint density at radius 3 is 2.44 bits per heavy atom. The fraction of sp³-hybridized carbons (Fsp3) is 0.222. The normalized spacial score (nSPS) is 10.9. The highest BCUT2D eigenvalue weighted by Gasteiger charge is 2.29. The lowest BCUT2D eigenvalue weighted by molar-refractivity contribution is -0.299. The SMILES string of the molecule is O=C(Nc1ccccc1)OOCC(F)(F)F. The van der Waals surface area contributed by atoms with E-state index < -0.39 is 18.9 Å². The van der Waals surface area contributed by atoms with Gasteiger partial charge in [-0.2, -0.15) is 18.1 Å². The molecule has 1 N–H and O–H groups in total. The van der Waals surface area contributed by atoms with Gasteiger partial charge in [0, 0.05) is 5.69 Å². The molecule has 0 aromatic heterocycles. The highest BCUT2D eigenvalue weighted by Crippen LogP contribution is 2.14. The van der Waals surface area contributed by atoms with Crippen LogP contribution in [0.1, 0.15) is 0 Å². The number of alkyl halides is 3. The fourth-order valence-corrected chi connectivity index (χ4v) is 0.810. The first-order valence-corrected chi connectivity index (χ1v) is 4.19. The minimum absolute atomic E-state index is 0.392. The number of para-hydroxylation sites is 1. The van der Waals surface area contributed by atoms with Crippen molar-refractivity contribution in [2.24, 2.45) is 0 Å². The average Bonchev–Trinajstić information content (AvgIpc) is 2.17. The number of amides is 1. The summed E-state index contributed by atoms with van der Waals surface area (Å²) >= 11 is 0. The molecule has 1 amide bonds. The molecule has 0 aliphatic heterocycles. The van der Waals surface area contributed by atoms with Crippen molar-refractivity contribution in [2.45, 2.75) is 6.18 Å². The predicted molar refractivity (Wildman–Crippen MR) is 48.6 cm³/mol. The maximum absolute atomic E-state index is 11.6. The summed E-state index contributed by atoms with van der Waals surface area (Å²) in [6.45, 7) is -1.64. The zero-order valence-corrected chi connectivity index (χ0v) is 7.95. The van der Waals surface area contributed by atoms with E-state index in [-0.39, 0.29) is 0 Å². The molecule has 0 bridgehead atoms. The lowest BCUT2D eigenvalue weighted by Crippen LogP contribution is -2.21. The maximum atomic E-state index is 11.6. The van der Waals surface area contributed by atoms with Crippen molar-refractivity contribution in [3.63, 3.8) is 0 Å². The van der Waals surface area contributed by atoms with Crippen LogP contribution >= 0.6 is 0 Å². The second kappa shape index (κ2) is 5.36. The number of hydrogen-bond donors (Lipinski definition) is 1. The number of benzene rings is 1.